The van der Waals surface area contributed by atoms with Crippen molar-refractivity contribution in [3.05, 3.63) is 36.0 Å². The van der Waals surface area contributed by atoms with Gasteiger partial charge in [0.1, 0.15) is 11.4 Å². The summed E-state index contributed by atoms with van der Waals surface area (Å²) in [6, 6.07) is 8.23. The standard InChI is InChI=1S/C24H34N2O3S/c1-7-16-15-26(23(27)29-24(2,3)4)13-11-18(16)22(30-6)19-10-12-25-21-9-8-17(28-5)14-20(19)21/h8-10,12,14,16,18,22H,7,11,13,15H2,1-6H3/t16-,18+,22?/m0/s1. The van der Waals surface area contributed by atoms with Gasteiger partial charge in [-0.3, -0.25) is 4.98 Å². The van der Waals surface area contributed by atoms with Gasteiger partial charge in [0.25, 0.3) is 0 Å². The molecule has 3 atom stereocenters. The summed E-state index contributed by atoms with van der Waals surface area (Å²) >= 11 is 1.89. The topological polar surface area (TPSA) is 51.7 Å². The van der Waals surface area contributed by atoms with Crippen LogP contribution in [-0.2, 0) is 4.74 Å². The van der Waals surface area contributed by atoms with Gasteiger partial charge in [-0.25, -0.2) is 4.79 Å². The molecule has 2 heterocycles. The summed E-state index contributed by atoms with van der Waals surface area (Å²) in [6.07, 6.45) is 5.90. The van der Waals surface area contributed by atoms with Crippen LogP contribution in [0.3, 0.4) is 0 Å². The fraction of sp³-hybridized carbons (Fsp3) is 0.583. The van der Waals surface area contributed by atoms with E-state index in [4.69, 9.17) is 9.47 Å². The first-order chi connectivity index (χ1) is 14.3. The van der Waals surface area contributed by atoms with Gasteiger partial charge in [-0.2, -0.15) is 11.8 Å². The molecule has 1 unspecified atom stereocenters. The molecule has 3 rings (SSSR count). The minimum atomic E-state index is -0.466. The number of nitrogens with zero attached hydrogens (tertiary/aromatic N) is 2. The molecule has 1 aromatic carbocycles. The summed E-state index contributed by atoms with van der Waals surface area (Å²) in [5, 5.41) is 1.49. The van der Waals surface area contributed by atoms with Crippen molar-refractivity contribution < 1.29 is 14.3 Å². The summed E-state index contributed by atoms with van der Waals surface area (Å²) in [5.41, 5.74) is 1.83. The first-order valence-electron chi connectivity index (χ1n) is 10.7. The number of hydrogen-bond donors (Lipinski definition) is 0. The van der Waals surface area contributed by atoms with Crippen LogP contribution in [0.25, 0.3) is 10.9 Å². The number of rotatable bonds is 5. The van der Waals surface area contributed by atoms with Gasteiger partial charge in [-0.15, -0.1) is 0 Å². The van der Waals surface area contributed by atoms with E-state index in [9.17, 15) is 4.79 Å². The van der Waals surface area contributed by atoms with Gasteiger partial charge in [-0.05, 0) is 75.1 Å². The molecule has 1 aromatic heterocycles. The second-order valence-corrected chi connectivity index (χ2v) is 9.97. The Kier molecular flexibility index (Phi) is 7.17. The molecular formula is C24H34N2O3S. The van der Waals surface area contributed by atoms with Crippen LogP contribution >= 0.6 is 11.8 Å². The minimum Gasteiger partial charge on any atom is -0.497 e. The smallest absolute Gasteiger partial charge is 0.410 e. The van der Waals surface area contributed by atoms with E-state index in [0.29, 0.717) is 17.1 Å². The Labute approximate surface area is 184 Å². The summed E-state index contributed by atoms with van der Waals surface area (Å²) in [4.78, 5) is 19.1. The molecule has 0 N–H and O–H groups in total. The molecule has 1 aliphatic rings. The Bertz CT molecular complexity index is 880. The Morgan fingerprint density at radius 2 is 2.10 bits per heavy atom. The van der Waals surface area contributed by atoms with Gasteiger partial charge >= 0.3 is 6.09 Å². The zero-order valence-electron chi connectivity index (χ0n) is 19.0. The number of thioether (sulfide) groups is 1. The average molecular weight is 431 g/mol. The number of carbonyl (C=O) groups excluding carboxylic acids is 1. The number of likely N-dealkylation sites (tertiary alicyclic amines) is 1. The molecule has 164 valence electrons. The number of benzene rings is 1. The van der Waals surface area contributed by atoms with Crippen molar-refractivity contribution in [1.29, 1.82) is 0 Å². The third kappa shape index (κ3) is 5.02. The van der Waals surface area contributed by atoms with Crippen molar-refractivity contribution in [3.8, 4) is 5.75 Å². The number of amides is 1. The number of piperidine rings is 1. The fourth-order valence-corrected chi connectivity index (χ4v) is 5.59. The summed E-state index contributed by atoms with van der Waals surface area (Å²) in [7, 11) is 1.70. The van der Waals surface area contributed by atoms with Crippen LogP contribution in [-0.4, -0.2) is 48.0 Å². The van der Waals surface area contributed by atoms with Crippen molar-refractivity contribution in [2.45, 2.75) is 51.4 Å². The van der Waals surface area contributed by atoms with E-state index in [1.165, 1.54) is 5.56 Å². The normalized spacial score (nSPS) is 20.8. The fourth-order valence-electron chi connectivity index (χ4n) is 4.43. The van der Waals surface area contributed by atoms with E-state index >= 15 is 0 Å². The van der Waals surface area contributed by atoms with E-state index in [1.54, 1.807) is 7.11 Å². The van der Waals surface area contributed by atoms with E-state index in [1.807, 2.05) is 55.8 Å². The molecule has 5 nitrogen and oxygen atoms in total. The Morgan fingerprint density at radius 3 is 2.73 bits per heavy atom. The largest absolute Gasteiger partial charge is 0.497 e. The minimum absolute atomic E-state index is 0.195. The Hall–Kier alpha value is -1.95. The maximum absolute atomic E-state index is 12.6. The third-order valence-corrected chi connectivity index (χ3v) is 7.01. The molecule has 0 saturated carbocycles. The molecule has 0 radical (unpaired) electrons. The van der Waals surface area contributed by atoms with Gasteiger partial charge in [0, 0.05) is 29.9 Å². The van der Waals surface area contributed by atoms with Crippen molar-refractivity contribution in [3.63, 3.8) is 0 Å². The lowest BCUT2D eigenvalue weighted by atomic mass is 9.79. The van der Waals surface area contributed by atoms with Gasteiger partial charge < -0.3 is 14.4 Å². The zero-order chi connectivity index (χ0) is 21.9. The van der Waals surface area contributed by atoms with Crippen molar-refractivity contribution in [2.24, 2.45) is 11.8 Å². The Balaban J connectivity index is 1.87. The third-order valence-electron chi connectivity index (χ3n) is 5.90. The quantitative estimate of drug-likeness (QED) is 0.588. The van der Waals surface area contributed by atoms with E-state index in [-0.39, 0.29) is 6.09 Å². The van der Waals surface area contributed by atoms with E-state index < -0.39 is 5.60 Å². The maximum Gasteiger partial charge on any atom is 0.410 e. The van der Waals surface area contributed by atoms with Gasteiger partial charge in [0.15, 0.2) is 0 Å². The molecule has 30 heavy (non-hydrogen) atoms. The number of hydrogen-bond acceptors (Lipinski definition) is 5. The van der Waals surface area contributed by atoms with Crippen molar-refractivity contribution >= 4 is 28.8 Å². The number of pyridine rings is 1. The Morgan fingerprint density at radius 1 is 1.33 bits per heavy atom. The van der Waals surface area contributed by atoms with Crippen LogP contribution in [0.4, 0.5) is 4.79 Å². The van der Waals surface area contributed by atoms with Crippen LogP contribution in [0.15, 0.2) is 30.5 Å². The number of carbonyl (C=O) groups is 1. The second-order valence-electron chi connectivity index (χ2n) is 8.99. The van der Waals surface area contributed by atoms with Gasteiger partial charge in [-0.1, -0.05) is 13.3 Å². The van der Waals surface area contributed by atoms with Crippen LogP contribution in [0.5, 0.6) is 5.75 Å². The molecule has 2 aromatic rings. The lowest BCUT2D eigenvalue weighted by Crippen LogP contribution is -2.46. The summed E-state index contributed by atoms with van der Waals surface area (Å²) < 4.78 is 11.1. The highest BCUT2D eigenvalue weighted by molar-refractivity contribution is 7.98. The molecule has 1 fully saturated rings. The molecule has 0 bridgehead atoms. The first kappa shape index (κ1) is 22.7. The van der Waals surface area contributed by atoms with Crippen molar-refractivity contribution in [2.75, 3.05) is 26.5 Å². The monoisotopic (exact) mass is 430 g/mol. The van der Waals surface area contributed by atoms with Crippen LogP contribution in [0.1, 0.15) is 51.3 Å². The number of fused-ring (bicyclic) bond motifs is 1. The number of aromatic nitrogens is 1. The zero-order valence-corrected chi connectivity index (χ0v) is 19.8. The van der Waals surface area contributed by atoms with Crippen LogP contribution < -0.4 is 4.74 Å². The average Bonchev–Trinajstić information content (AvgIpc) is 2.73. The maximum atomic E-state index is 12.6. The summed E-state index contributed by atoms with van der Waals surface area (Å²) in [6.45, 7) is 9.46. The predicted octanol–water partition coefficient (Wildman–Crippen LogP) is 5.93. The van der Waals surface area contributed by atoms with E-state index in [0.717, 1.165) is 42.6 Å². The number of methoxy groups -OCH3 is 1. The highest BCUT2D eigenvalue weighted by atomic mass is 32.2. The molecule has 6 heteroatoms. The second kappa shape index (κ2) is 9.46. The molecule has 1 amide bonds. The highest BCUT2D eigenvalue weighted by Gasteiger charge is 2.37. The first-order valence-corrected chi connectivity index (χ1v) is 12.0. The lowest BCUT2D eigenvalue weighted by Gasteiger charge is -2.42. The van der Waals surface area contributed by atoms with Gasteiger partial charge in [0.2, 0.25) is 0 Å². The van der Waals surface area contributed by atoms with Gasteiger partial charge in [0.05, 0.1) is 12.6 Å². The molecule has 0 spiro atoms. The van der Waals surface area contributed by atoms with Crippen LogP contribution in [0.2, 0.25) is 0 Å². The van der Waals surface area contributed by atoms with E-state index in [2.05, 4.69) is 30.3 Å². The van der Waals surface area contributed by atoms with Crippen molar-refractivity contribution in [1.82, 2.24) is 9.88 Å². The molecular weight excluding hydrogens is 396 g/mol. The van der Waals surface area contributed by atoms with Crippen LogP contribution in [0, 0.1) is 11.8 Å². The predicted molar refractivity (Wildman–Crippen MR) is 124 cm³/mol. The highest BCUT2D eigenvalue weighted by Crippen LogP contribution is 2.45. The SMILES string of the molecule is CC[C@H]1CN(C(=O)OC(C)(C)C)CC[C@H]1C(SC)c1ccnc2ccc(OC)cc12. The summed E-state index contributed by atoms with van der Waals surface area (Å²) in [5.74, 6) is 1.77. The molecule has 1 saturated heterocycles. The molecule has 1 aliphatic heterocycles. The lowest BCUT2D eigenvalue weighted by molar-refractivity contribution is 0.00967. The molecule has 0 aliphatic carbocycles. The number of ether oxygens (including phenoxy) is 2.